The zero-order valence-electron chi connectivity index (χ0n) is 9.09. The molecule has 1 aliphatic heterocycles. The van der Waals surface area contributed by atoms with Crippen molar-refractivity contribution in [3.05, 3.63) is 17.8 Å². The van der Waals surface area contributed by atoms with Gasteiger partial charge in [0.05, 0.1) is 24.3 Å². The van der Waals surface area contributed by atoms with Gasteiger partial charge in [0.1, 0.15) is 0 Å². The molecule has 88 valence electrons. The molecule has 0 N–H and O–H groups in total. The number of aromatic nitrogens is 2. The Hall–Kier alpha value is -1.17. The van der Waals surface area contributed by atoms with Gasteiger partial charge in [-0.2, -0.15) is 5.10 Å². The monoisotopic (exact) mass is 242 g/mol. The maximum atomic E-state index is 11.5. The van der Waals surface area contributed by atoms with Crippen LogP contribution in [0.25, 0.3) is 0 Å². The van der Waals surface area contributed by atoms with Crippen LogP contribution >= 0.6 is 0 Å². The van der Waals surface area contributed by atoms with E-state index in [9.17, 15) is 8.42 Å². The summed E-state index contributed by atoms with van der Waals surface area (Å²) in [6.45, 7) is 0. The average Bonchev–Trinajstić information content (AvgIpc) is 2.28. The summed E-state index contributed by atoms with van der Waals surface area (Å²) in [7, 11) is -1.37. The third-order valence-corrected chi connectivity index (χ3v) is 4.57. The highest BCUT2D eigenvalue weighted by Crippen LogP contribution is 2.26. The molecule has 1 aromatic rings. The van der Waals surface area contributed by atoms with Gasteiger partial charge in [-0.3, -0.25) is 0 Å². The van der Waals surface area contributed by atoms with Crippen LogP contribution in [0.15, 0.2) is 12.1 Å². The Bertz CT molecular complexity index is 455. The highest BCUT2D eigenvalue weighted by Gasteiger charge is 2.26. The van der Waals surface area contributed by atoms with Crippen molar-refractivity contribution < 1.29 is 13.2 Å². The Labute approximate surface area is 94.8 Å². The van der Waals surface area contributed by atoms with Crippen molar-refractivity contribution in [3.8, 4) is 5.88 Å². The summed E-state index contributed by atoms with van der Waals surface area (Å²) in [4.78, 5) is 0. The van der Waals surface area contributed by atoms with E-state index in [0.29, 0.717) is 18.1 Å². The molecule has 1 saturated heterocycles. The molecule has 0 amide bonds. The number of rotatable bonds is 2. The predicted octanol–water partition coefficient (Wildman–Crippen LogP) is 0.777. The van der Waals surface area contributed by atoms with Crippen molar-refractivity contribution in [2.24, 2.45) is 0 Å². The Morgan fingerprint density at radius 2 is 2.19 bits per heavy atom. The van der Waals surface area contributed by atoms with E-state index >= 15 is 0 Å². The highest BCUT2D eigenvalue weighted by molar-refractivity contribution is 7.91. The van der Waals surface area contributed by atoms with Crippen molar-refractivity contribution in [1.29, 1.82) is 0 Å². The lowest BCUT2D eigenvalue weighted by atomic mass is 10.0. The van der Waals surface area contributed by atoms with Crippen LogP contribution in [0, 0.1) is 0 Å². The minimum absolute atomic E-state index is 0.0165. The fourth-order valence-corrected chi connectivity index (χ4v) is 3.64. The van der Waals surface area contributed by atoms with E-state index in [1.54, 1.807) is 12.1 Å². The Kier molecular flexibility index (Phi) is 3.09. The van der Waals surface area contributed by atoms with Crippen LogP contribution in [0.1, 0.15) is 24.5 Å². The summed E-state index contributed by atoms with van der Waals surface area (Å²) < 4.78 is 27.9. The van der Waals surface area contributed by atoms with E-state index in [1.165, 1.54) is 7.11 Å². The molecule has 2 rings (SSSR count). The van der Waals surface area contributed by atoms with E-state index in [-0.39, 0.29) is 11.7 Å². The van der Waals surface area contributed by atoms with Gasteiger partial charge in [0, 0.05) is 12.0 Å². The number of methoxy groups -OCH3 is 1. The predicted molar refractivity (Wildman–Crippen MR) is 59.2 cm³/mol. The minimum atomic E-state index is -2.89. The molecule has 1 atom stereocenters. The fourth-order valence-electron chi connectivity index (χ4n) is 1.91. The Balaban J connectivity index is 2.17. The lowest BCUT2D eigenvalue weighted by molar-refractivity contribution is 0.390. The van der Waals surface area contributed by atoms with E-state index in [4.69, 9.17) is 4.74 Å². The summed E-state index contributed by atoms with van der Waals surface area (Å²) in [6.07, 6.45) is 1.57. The summed E-state index contributed by atoms with van der Waals surface area (Å²) in [5.41, 5.74) is 0.740. The SMILES string of the molecule is COc1ccc(C2CCCS(=O)(=O)C2)nn1. The molecule has 1 fully saturated rings. The molecule has 0 aliphatic carbocycles. The van der Waals surface area contributed by atoms with Crippen LogP contribution in [0.4, 0.5) is 0 Å². The van der Waals surface area contributed by atoms with Crippen LogP contribution in [0.5, 0.6) is 5.88 Å². The first-order chi connectivity index (χ1) is 7.61. The van der Waals surface area contributed by atoms with Gasteiger partial charge in [-0.25, -0.2) is 8.42 Å². The van der Waals surface area contributed by atoms with Crippen molar-refractivity contribution in [1.82, 2.24) is 10.2 Å². The van der Waals surface area contributed by atoms with Gasteiger partial charge >= 0.3 is 0 Å². The number of nitrogens with zero attached hydrogens (tertiary/aromatic N) is 2. The second-order valence-corrected chi connectivity index (χ2v) is 6.18. The van der Waals surface area contributed by atoms with Gasteiger partial charge in [-0.15, -0.1) is 5.10 Å². The molecule has 0 bridgehead atoms. The molecule has 0 saturated carbocycles. The van der Waals surface area contributed by atoms with Gasteiger partial charge in [0.2, 0.25) is 5.88 Å². The van der Waals surface area contributed by atoms with Crippen molar-refractivity contribution in [2.75, 3.05) is 18.6 Å². The van der Waals surface area contributed by atoms with Gasteiger partial charge in [-0.1, -0.05) is 0 Å². The summed E-state index contributed by atoms with van der Waals surface area (Å²) in [6, 6.07) is 3.50. The molecule has 1 aromatic heterocycles. The lowest BCUT2D eigenvalue weighted by Crippen LogP contribution is -2.24. The standard InChI is InChI=1S/C10H14N2O3S/c1-15-10-5-4-9(11-12-10)8-3-2-6-16(13,14)7-8/h4-5,8H,2-3,6-7H2,1H3. The number of ether oxygens (including phenoxy) is 1. The molecule has 16 heavy (non-hydrogen) atoms. The van der Waals surface area contributed by atoms with Gasteiger partial charge in [0.25, 0.3) is 0 Å². The van der Waals surface area contributed by atoms with Gasteiger partial charge < -0.3 is 4.74 Å². The summed E-state index contributed by atoms with van der Waals surface area (Å²) >= 11 is 0. The number of hydrogen-bond acceptors (Lipinski definition) is 5. The van der Waals surface area contributed by atoms with Crippen LogP contribution < -0.4 is 4.74 Å². The van der Waals surface area contributed by atoms with Crippen LogP contribution in [0.2, 0.25) is 0 Å². The molecule has 0 aromatic carbocycles. The normalized spacial score (nSPS) is 23.9. The smallest absolute Gasteiger partial charge is 0.233 e. The second-order valence-electron chi connectivity index (χ2n) is 3.95. The average molecular weight is 242 g/mol. The minimum Gasteiger partial charge on any atom is -0.480 e. The first-order valence-corrected chi connectivity index (χ1v) is 7.01. The van der Waals surface area contributed by atoms with Crippen LogP contribution in [-0.2, 0) is 9.84 Å². The highest BCUT2D eigenvalue weighted by atomic mass is 32.2. The molecule has 1 unspecified atom stereocenters. The van der Waals surface area contributed by atoms with Crippen molar-refractivity contribution in [3.63, 3.8) is 0 Å². The third-order valence-electron chi connectivity index (χ3n) is 2.75. The first kappa shape index (κ1) is 11.3. The summed E-state index contributed by atoms with van der Waals surface area (Å²) in [5.74, 6) is 0.917. The second kappa shape index (κ2) is 4.37. The van der Waals surface area contributed by atoms with E-state index in [1.807, 2.05) is 0 Å². The Morgan fingerprint density at radius 1 is 1.38 bits per heavy atom. The first-order valence-electron chi connectivity index (χ1n) is 5.19. The summed E-state index contributed by atoms with van der Waals surface area (Å²) in [5, 5.41) is 7.85. The van der Waals surface area contributed by atoms with Crippen molar-refractivity contribution in [2.45, 2.75) is 18.8 Å². The van der Waals surface area contributed by atoms with Crippen LogP contribution in [-0.4, -0.2) is 37.2 Å². The largest absolute Gasteiger partial charge is 0.480 e. The molecule has 1 aliphatic rings. The topological polar surface area (TPSA) is 69.2 Å². The zero-order valence-corrected chi connectivity index (χ0v) is 9.90. The van der Waals surface area contributed by atoms with E-state index < -0.39 is 9.84 Å². The number of hydrogen-bond donors (Lipinski definition) is 0. The lowest BCUT2D eigenvalue weighted by Gasteiger charge is -2.20. The molecule has 2 heterocycles. The molecule has 0 spiro atoms. The van der Waals surface area contributed by atoms with Gasteiger partial charge in [0.15, 0.2) is 9.84 Å². The Morgan fingerprint density at radius 3 is 2.75 bits per heavy atom. The maximum absolute atomic E-state index is 11.5. The molecular weight excluding hydrogens is 228 g/mol. The quantitative estimate of drug-likeness (QED) is 0.766. The fraction of sp³-hybridized carbons (Fsp3) is 0.600. The molecule has 6 heteroatoms. The van der Waals surface area contributed by atoms with Crippen LogP contribution in [0.3, 0.4) is 0 Å². The van der Waals surface area contributed by atoms with E-state index in [2.05, 4.69) is 10.2 Å². The number of sulfone groups is 1. The third kappa shape index (κ3) is 2.49. The van der Waals surface area contributed by atoms with Gasteiger partial charge in [-0.05, 0) is 18.9 Å². The maximum Gasteiger partial charge on any atom is 0.233 e. The molecular formula is C10H14N2O3S. The molecule has 5 nitrogen and oxygen atoms in total. The zero-order chi connectivity index (χ0) is 11.6. The van der Waals surface area contributed by atoms with E-state index in [0.717, 1.165) is 12.1 Å². The molecule has 0 radical (unpaired) electrons. The van der Waals surface area contributed by atoms with Crippen molar-refractivity contribution >= 4 is 9.84 Å².